The van der Waals surface area contributed by atoms with E-state index in [1.54, 1.807) is 0 Å². The van der Waals surface area contributed by atoms with Gasteiger partial charge in [0.1, 0.15) is 5.82 Å². The summed E-state index contributed by atoms with van der Waals surface area (Å²) in [5.74, 6) is 0.636. The SMILES string of the molecule is CCc1ncc(S(=O)(=O)NCCCC#N)[nH]1. The first-order chi connectivity index (χ1) is 7.60. The molecule has 1 aromatic rings. The Balaban J connectivity index is 2.60. The van der Waals surface area contributed by atoms with Crippen molar-refractivity contribution in [1.82, 2.24) is 14.7 Å². The summed E-state index contributed by atoms with van der Waals surface area (Å²) in [5.41, 5.74) is 0. The number of hydrogen-bond donors (Lipinski definition) is 2. The zero-order valence-corrected chi connectivity index (χ0v) is 9.84. The van der Waals surface area contributed by atoms with Gasteiger partial charge in [0.15, 0.2) is 5.03 Å². The first kappa shape index (κ1) is 12.7. The molecule has 0 fully saturated rings. The normalized spacial score (nSPS) is 11.2. The van der Waals surface area contributed by atoms with E-state index in [2.05, 4.69) is 14.7 Å². The van der Waals surface area contributed by atoms with Crippen LogP contribution in [0.2, 0.25) is 0 Å². The second-order valence-corrected chi connectivity index (χ2v) is 4.94. The first-order valence-electron chi connectivity index (χ1n) is 5.00. The molecule has 0 bridgehead atoms. The molecule has 0 saturated carbocycles. The van der Waals surface area contributed by atoms with Crippen molar-refractivity contribution in [2.24, 2.45) is 0 Å². The minimum Gasteiger partial charge on any atom is -0.332 e. The van der Waals surface area contributed by atoms with Crippen LogP contribution < -0.4 is 4.72 Å². The molecule has 0 aliphatic rings. The van der Waals surface area contributed by atoms with Gasteiger partial charge >= 0.3 is 0 Å². The molecule has 0 spiro atoms. The number of H-pyrrole nitrogens is 1. The summed E-state index contributed by atoms with van der Waals surface area (Å²) in [6.45, 7) is 2.14. The summed E-state index contributed by atoms with van der Waals surface area (Å²) in [6.07, 6.45) is 2.80. The molecule has 0 saturated heterocycles. The average Bonchev–Trinajstić information content (AvgIpc) is 2.73. The van der Waals surface area contributed by atoms with E-state index in [4.69, 9.17) is 5.26 Å². The third-order valence-corrected chi connectivity index (χ3v) is 3.36. The summed E-state index contributed by atoms with van der Waals surface area (Å²) < 4.78 is 25.7. The molecule has 0 atom stereocenters. The Morgan fingerprint density at radius 2 is 2.38 bits per heavy atom. The summed E-state index contributed by atoms with van der Waals surface area (Å²) in [7, 11) is -3.51. The zero-order chi connectivity index (χ0) is 12.0. The van der Waals surface area contributed by atoms with Crippen molar-refractivity contribution in [1.29, 1.82) is 5.26 Å². The molecule has 0 aromatic carbocycles. The molecule has 0 aliphatic carbocycles. The molecule has 88 valence electrons. The standard InChI is InChI=1S/C9H14N4O2S/c1-2-8-11-7-9(13-8)16(14,15)12-6-4-3-5-10/h7,12H,2-4,6H2,1H3,(H,11,13). The fraction of sp³-hybridized carbons (Fsp3) is 0.556. The molecule has 1 heterocycles. The first-order valence-corrected chi connectivity index (χ1v) is 6.49. The van der Waals surface area contributed by atoms with Crippen molar-refractivity contribution in [3.05, 3.63) is 12.0 Å². The molecule has 16 heavy (non-hydrogen) atoms. The van der Waals surface area contributed by atoms with Gasteiger partial charge in [-0.2, -0.15) is 5.26 Å². The number of aryl methyl sites for hydroxylation is 1. The van der Waals surface area contributed by atoms with Gasteiger partial charge in [-0.25, -0.2) is 18.1 Å². The van der Waals surface area contributed by atoms with Crippen LogP contribution in [0.5, 0.6) is 0 Å². The Hall–Kier alpha value is -1.39. The number of sulfonamides is 1. The van der Waals surface area contributed by atoms with E-state index in [9.17, 15) is 8.42 Å². The third-order valence-electron chi connectivity index (χ3n) is 1.99. The number of aromatic amines is 1. The fourth-order valence-corrected chi connectivity index (χ4v) is 2.12. The van der Waals surface area contributed by atoms with Crippen LogP contribution in [0.25, 0.3) is 0 Å². The molecule has 0 radical (unpaired) electrons. The van der Waals surface area contributed by atoms with Crippen LogP contribution in [0, 0.1) is 11.3 Å². The van der Waals surface area contributed by atoms with Crippen molar-refractivity contribution < 1.29 is 8.42 Å². The van der Waals surface area contributed by atoms with E-state index in [-0.39, 0.29) is 11.6 Å². The van der Waals surface area contributed by atoms with Crippen LogP contribution in [0.3, 0.4) is 0 Å². The molecule has 0 unspecified atom stereocenters. The van der Waals surface area contributed by atoms with Gasteiger partial charge in [0.05, 0.1) is 12.3 Å². The molecule has 6 nitrogen and oxygen atoms in total. The van der Waals surface area contributed by atoms with Gasteiger partial charge < -0.3 is 4.98 Å². The number of nitriles is 1. The minimum atomic E-state index is -3.51. The lowest BCUT2D eigenvalue weighted by molar-refractivity contribution is 0.576. The predicted octanol–water partition coefficient (Wildman–Crippen LogP) is 0.554. The van der Waals surface area contributed by atoms with Gasteiger partial charge in [0, 0.05) is 19.4 Å². The Morgan fingerprint density at radius 1 is 1.62 bits per heavy atom. The summed E-state index contributed by atoms with van der Waals surface area (Å²) >= 11 is 0. The number of nitrogens with one attached hydrogen (secondary N) is 2. The van der Waals surface area contributed by atoms with E-state index >= 15 is 0 Å². The lowest BCUT2D eigenvalue weighted by Crippen LogP contribution is -2.25. The van der Waals surface area contributed by atoms with Crippen LogP contribution in [0.1, 0.15) is 25.6 Å². The summed E-state index contributed by atoms with van der Waals surface area (Å²) in [6, 6.07) is 1.95. The maximum Gasteiger partial charge on any atom is 0.257 e. The highest BCUT2D eigenvalue weighted by atomic mass is 32.2. The van der Waals surface area contributed by atoms with Crippen molar-refractivity contribution in [3.8, 4) is 6.07 Å². The number of hydrogen-bond acceptors (Lipinski definition) is 4. The molecule has 0 aliphatic heterocycles. The number of nitrogens with zero attached hydrogens (tertiary/aromatic N) is 2. The Morgan fingerprint density at radius 3 is 2.94 bits per heavy atom. The predicted molar refractivity (Wildman–Crippen MR) is 58.0 cm³/mol. The molecule has 2 N–H and O–H groups in total. The minimum absolute atomic E-state index is 0.0707. The Bertz CT molecular complexity index is 472. The van der Waals surface area contributed by atoms with Crippen LogP contribution in [-0.2, 0) is 16.4 Å². The van der Waals surface area contributed by atoms with E-state index in [0.717, 1.165) is 0 Å². The van der Waals surface area contributed by atoms with Crippen molar-refractivity contribution in [2.75, 3.05) is 6.54 Å². The van der Waals surface area contributed by atoms with Crippen LogP contribution in [0.4, 0.5) is 0 Å². The van der Waals surface area contributed by atoms with E-state index in [0.29, 0.717) is 25.1 Å². The quantitative estimate of drug-likeness (QED) is 0.712. The highest BCUT2D eigenvalue weighted by Crippen LogP contribution is 2.05. The molecular weight excluding hydrogens is 228 g/mol. The number of rotatable bonds is 6. The molecule has 1 rings (SSSR count). The maximum atomic E-state index is 11.7. The highest BCUT2D eigenvalue weighted by Gasteiger charge is 2.15. The monoisotopic (exact) mass is 242 g/mol. The van der Waals surface area contributed by atoms with Gasteiger partial charge in [-0.05, 0) is 6.42 Å². The highest BCUT2D eigenvalue weighted by molar-refractivity contribution is 7.89. The second-order valence-electron chi connectivity index (χ2n) is 3.21. The number of unbranched alkanes of at least 4 members (excludes halogenated alkanes) is 1. The lowest BCUT2D eigenvalue weighted by atomic mass is 10.3. The van der Waals surface area contributed by atoms with Gasteiger partial charge in [0.2, 0.25) is 0 Å². The lowest BCUT2D eigenvalue weighted by Gasteiger charge is -2.02. The van der Waals surface area contributed by atoms with Gasteiger partial charge in [-0.3, -0.25) is 0 Å². The third kappa shape index (κ3) is 3.32. The zero-order valence-electron chi connectivity index (χ0n) is 9.02. The largest absolute Gasteiger partial charge is 0.332 e. The number of aromatic nitrogens is 2. The summed E-state index contributed by atoms with van der Waals surface area (Å²) in [4.78, 5) is 6.64. The second kappa shape index (κ2) is 5.63. The van der Waals surface area contributed by atoms with E-state index in [1.165, 1.54) is 6.20 Å². The van der Waals surface area contributed by atoms with Crippen LogP contribution >= 0.6 is 0 Å². The van der Waals surface area contributed by atoms with Crippen molar-refractivity contribution in [3.63, 3.8) is 0 Å². The Kier molecular flexibility index (Phi) is 4.46. The topological polar surface area (TPSA) is 98.6 Å². The fourth-order valence-electron chi connectivity index (χ4n) is 1.11. The van der Waals surface area contributed by atoms with Gasteiger partial charge in [-0.1, -0.05) is 6.92 Å². The van der Waals surface area contributed by atoms with Crippen molar-refractivity contribution >= 4 is 10.0 Å². The Labute approximate surface area is 94.8 Å². The van der Waals surface area contributed by atoms with Gasteiger partial charge in [0.25, 0.3) is 10.0 Å². The maximum absolute atomic E-state index is 11.7. The average molecular weight is 242 g/mol. The van der Waals surface area contributed by atoms with Crippen molar-refractivity contribution in [2.45, 2.75) is 31.2 Å². The number of imidazole rings is 1. The van der Waals surface area contributed by atoms with Gasteiger partial charge in [-0.15, -0.1) is 0 Å². The molecular formula is C9H14N4O2S. The smallest absolute Gasteiger partial charge is 0.257 e. The molecule has 1 aromatic heterocycles. The van der Waals surface area contributed by atoms with E-state index < -0.39 is 10.0 Å². The van der Waals surface area contributed by atoms with Crippen LogP contribution in [-0.4, -0.2) is 24.9 Å². The molecule has 7 heteroatoms. The summed E-state index contributed by atoms with van der Waals surface area (Å²) in [5, 5.41) is 8.38. The van der Waals surface area contributed by atoms with E-state index in [1.807, 2.05) is 13.0 Å². The molecule has 0 amide bonds. The van der Waals surface area contributed by atoms with Crippen LogP contribution in [0.15, 0.2) is 11.2 Å².